The van der Waals surface area contributed by atoms with Gasteiger partial charge in [0, 0.05) is 5.70 Å². The van der Waals surface area contributed by atoms with E-state index < -0.39 is 5.97 Å². The van der Waals surface area contributed by atoms with E-state index in [1.807, 2.05) is 31.2 Å². The SMILES string of the molecule is COC(=O)C1=C(C)N(c2ccc(OC)c(Cl)c2)C(=O)/C1=C\c1ccc(C)cc1. The van der Waals surface area contributed by atoms with E-state index in [2.05, 4.69) is 0 Å². The lowest BCUT2D eigenvalue weighted by Crippen LogP contribution is -2.24. The smallest absolute Gasteiger partial charge is 0.340 e. The highest BCUT2D eigenvalue weighted by molar-refractivity contribution is 6.32. The Morgan fingerprint density at radius 1 is 1.07 bits per heavy atom. The number of nitrogens with zero attached hydrogens (tertiary/aromatic N) is 1. The number of carbonyl (C=O) groups excluding carboxylic acids is 2. The summed E-state index contributed by atoms with van der Waals surface area (Å²) in [5.74, 6) is -0.381. The lowest BCUT2D eigenvalue weighted by atomic mass is 10.0. The number of carbonyl (C=O) groups is 2. The number of methoxy groups -OCH3 is 2. The summed E-state index contributed by atoms with van der Waals surface area (Å²) in [5, 5.41) is 0.371. The van der Waals surface area contributed by atoms with Crippen LogP contribution >= 0.6 is 11.6 Å². The number of halogens is 1. The van der Waals surface area contributed by atoms with E-state index in [4.69, 9.17) is 21.1 Å². The van der Waals surface area contributed by atoms with Crippen molar-refractivity contribution in [1.82, 2.24) is 0 Å². The fraction of sp³-hybridized carbons (Fsp3) is 0.182. The molecular formula is C22H20ClNO4. The number of hydrogen-bond donors (Lipinski definition) is 0. The van der Waals surface area contributed by atoms with Crippen LogP contribution in [0.25, 0.3) is 6.08 Å². The van der Waals surface area contributed by atoms with Gasteiger partial charge >= 0.3 is 5.97 Å². The fourth-order valence-corrected chi connectivity index (χ4v) is 3.37. The molecule has 0 unspecified atom stereocenters. The molecule has 28 heavy (non-hydrogen) atoms. The highest BCUT2D eigenvalue weighted by atomic mass is 35.5. The van der Waals surface area contributed by atoms with Gasteiger partial charge < -0.3 is 9.47 Å². The monoisotopic (exact) mass is 397 g/mol. The van der Waals surface area contributed by atoms with Gasteiger partial charge in [0.1, 0.15) is 5.75 Å². The van der Waals surface area contributed by atoms with Crippen LogP contribution in [0.3, 0.4) is 0 Å². The van der Waals surface area contributed by atoms with Crippen LogP contribution in [0, 0.1) is 6.92 Å². The molecule has 1 amide bonds. The Morgan fingerprint density at radius 3 is 2.32 bits per heavy atom. The summed E-state index contributed by atoms with van der Waals surface area (Å²) in [6, 6.07) is 12.7. The molecule has 6 heteroatoms. The first-order valence-electron chi connectivity index (χ1n) is 8.63. The minimum atomic E-state index is -0.564. The third-order valence-corrected chi connectivity index (χ3v) is 4.87. The molecule has 0 N–H and O–H groups in total. The van der Waals surface area contributed by atoms with Gasteiger partial charge in [-0.1, -0.05) is 41.4 Å². The summed E-state index contributed by atoms with van der Waals surface area (Å²) in [6.45, 7) is 3.69. The predicted octanol–water partition coefficient (Wildman–Crippen LogP) is 4.53. The second-order valence-corrected chi connectivity index (χ2v) is 6.79. The van der Waals surface area contributed by atoms with E-state index in [1.54, 1.807) is 31.2 Å². The molecular weight excluding hydrogens is 378 g/mol. The molecule has 0 aromatic heterocycles. The third-order valence-electron chi connectivity index (χ3n) is 4.57. The van der Waals surface area contributed by atoms with Crippen LogP contribution in [0.1, 0.15) is 18.1 Å². The van der Waals surface area contributed by atoms with Crippen molar-refractivity contribution in [2.24, 2.45) is 0 Å². The molecule has 0 aliphatic carbocycles. The van der Waals surface area contributed by atoms with Gasteiger partial charge in [-0.2, -0.15) is 0 Å². The standard InChI is InChI=1S/C22H20ClNO4/c1-13-5-7-15(8-6-13)11-17-20(22(26)28-4)14(2)24(21(17)25)16-9-10-19(27-3)18(23)12-16/h5-12H,1-4H3/b17-11-. The number of aryl methyl sites for hydroxylation is 1. The highest BCUT2D eigenvalue weighted by Crippen LogP contribution is 2.38. The molecule has 0 bridgehead atoms. The number of esters is 1. The second kappa shape index (κ2) is 7.90. The van der Waals surface area contributed by atoms with Crippen LogP contribution in [-0.4, -0.2) is 26.1 Å². The van der Waals surface area contributed by atoms with E-state index in [-0.39, 0.29) is 17.1 Å². The lowest BCUT2D eigenvalue weighted by molar-refractivity contribution is -0.136. The molecule has 0 fully saturated rings. The molecule has 1 aliphatic rings. The Hall–Kier alpha value is -3.05. The molecule has 3 rings (SSSR count). The number of amides is 1. The van der Waals surface area contributed by atoms with Crippen molar-refractivity contribution < 1.29 is 19.1 Å². The number of ether oxygens (including phenoxy) is 2. The van der Waals surface area contributed by atoms with E-state index in [9.17, 15) is 9.59 Å². The highest BCUT2D eigenvalue weighted by Gasteiger charge is 2.38. The van der Waals surface area contributed by atoms with Gasteiger partial charge in [-0.3, -0.25) is 9.69 Å². The van der Waals surface area contributed by atoms with Gasteiger partial charge in [0.25, 0.3) is 5.91 Å². The first-order chi connectivity index (χ1) is 13.4. The van der Waals surface area contributed by atoms with Crippen LogP contribution in [0.5, 0.6) is 5.75 Å². The molecule has 1 aliphatic heterocycles. The van der Waals surface area contributed by atoms with Crippen LogP contribution in [0.15, 0.2) is 59.3 Å². The van der Waals surface area contributed by atoms with Gasteiger partial charge in [0.05, 0.1) is 36.1 Å². The minimum Gasteiger partial charge on any atom is -0.495 e. The van der Waals surface area contributed by atoms with Crippen molar-refractivity contribution in [1.29, 1.82) is 0 Å². The molecule has 5 nitrogen and oxygen atoms in total. The first kappa shape index (κ1) is 19.7. The summed E-state index contributed by atoms with van der Waals surface area (Å²) >= 11 is 6.23. The van der Waals surface area contributed by atoms with E-state index in [0.29, 0.717) is 22.2 Å². The predicted molar refractivity (Wildman–Crippen MR) is 109 cm³/mol. The molecule has 0 atom stereocenters. The van der Waals surface area contributed by atoms with Gasteiger partial charge in [0.15, 0.2) is 0 Å². The van der Waals surface area contributed by atoms with Gasteiger partial charge in [-0.25, -0.2) is 4.79 Å². The number of benzene rings is 2. The number of rotatable bonds is 4. The summed E-state index contributed by atoms with van der Waals surface area (Å²) in [7, 11) is 2.81. The van der Waals surface area contributed by atoms with Crippen molar-refractivity contribution >= 4 is 35.2 Å². The maximum absolute atomic E-state index is 13.2. The Kier molecular flexibility index (Phi) is 5.56. The zero-order chi connectivity index (χ0) is 20.4. The Bertz CT molecular complexity index is 1010. The molecule has 2 aromatic rings. The molecule has 0 saturated heterocycles. The van der Waals surface area contributed by atoms with Crippen LogP contribution in [0.2, 0.25) is 5.02 Å². The average molecular weight is 398 g/mol. The van der Waals surface area contributed by atoms with Crippen molar-refractivity contribution in [3.05, 3.63) is 75.5 Å². The molecule has 2 aromatic carbocycles. The quantitative estimate of drug-likeness (QED) is 0.561. The van der Waals surface area contributed by atoms with Crippen LogP contribution in [0.4, 0.5) is 5.69 Å². The van der Waals surface area contributed by atoms with Gasteiger partial charge in [-0.15, -0.1) is 0 Å². The van der Waals surface area contributed by atoms with E-state index in [1.165, 1.54) is 19.1 Å². The van der Waals surface area contributed by atoms with Crippen molar-refractivity contribution in [2.45, 2.75) is 13.8 Å². The second-order valence-electron chi connectivity index (χ2n) is 6.38. The first-order valence-corrected chi connectivity index (χ1v) is 9.01. The summed E-state index contributed by atoms with van der Waals surface area (Å²) < 4.78 is 10.1. The Balaban J connectivity index is 2.12. The van der Waals surface area contributed by atoms with Crippen molar-refractivity contribution in [3.63, 3.8) is 0 Å². The Labute approximate surface area is 168 Å². The molecule has 0 radical (unpaired) electrons. The Morgan fingerprint density at radius 2 is 1.75 bits per heavy atom. The van der Waals surface area contributed by atoms with Gasteiger partial charge in [0.2, 0.25) is 0 Å². The molecule has 144 valence electrons. The number of allylic oxidation sites excluding steroid dienone is 1. The topological polar surface area (TPSA) is 55.8 Å². The van der Waals surface area contributed by atoms with Gasteiger partial charge in [-0.05, 0) is 43.7 Å². The summed E-state index contributed by atoms with van der Waals surface area (Å²) in [4.78, 5) is 27.1. The zero-order valence-corrected chi connectivity index (χ0v) is 16.8. The maximum Gasteiger partial charge on any atom is 0.340 e. The molecule has 0 saturated carbocycles. The molecule has 1 heterocycles. The normalized spacial score (nSPS) is 15.4. The van der Waals surface area contributed by atoms with Crippen LogP contribution < -0.4 is 9.64 Å². The molecule has 0 spiro atoms. The average Bonchev–Trinajstić information content (AvgIpc) is 2.92. The number of anilines is 1. The van der Waals surface area contributed by atoms with Crippen LogP contribution in [-0.2, 0) is 14.3 Å². The van der Waals surface area contributed by atoms with E-state index >= 15 is 0 Å². The third kappa shape index (κ3) is 3.53. The zero-order valence-electron chi connectivity index (χ0n) is 16.1. The van der Waals surface area contributed by atoms with Crippen molar-refractivity contribution in [2.75, 3.05) is 19.1 Å². The van der Waals surface area contributed by atoms with E-state index in [0.717, 1.165) is 11.1 Å². The minimum absolute atomic E-state index is 0.236. The summed E-state index contributed by atoms with van der Waals surface area (Å²) in [6.07, 6.45) is 1.70. The fourth-order valence-electron chi connectivity index (χ4n) is 3.11. The maximum atomic E-state index is 13.2. The number of hydrogen-bond acceptors (Lipinski definition) is 4. The lowest BCUT2D eigenvalue weighted by Gasteiger charge is -2.19. The van der Waals surface area contributed by atoms with Crippen molar-refractivity contribution in [3.8, 4) is 5.75 Å². The summed E-state index contributed by atoms with van der Waals surface area (Å²) in [5.41, 5.74) is 3.46. The largest absolute Gasteiger partial charge is 0.495 e.